The number of hydrogen-bond acceptors (Lipinski definition) is 3. The van der Waals surface area contributed by atoms with Crippen LogP contribution in [-0.2, 0) is 20.7 Å². The van der Waals surface area contributed by atoms with Gasteiger partial charge in [0.2, 0.25) is 0 Å². The highest BCUT2D eigenvalue weighted by atomic mass is 32.2. The Balaban J connectivity index is 2.80. The lowest BCUT2D eigenvalue weighted by atomic mass is 10.1. The first kappa shape index (κ1) is 12.9. The minimum absolute atomic E-state index is 0.189. The Morgan fingerprint density at radius 1 is 1.31 bits per heavy atom. The van der Waals surface area contributed by atoms with Crippen LogP contribution in [-0.4, -0.2) is 15.5 Å². The van der Waals surface area contributed by atoms with Gasteiger partial charge in [0.25, 0.3) is 10.1 Å². The van der Waals surface area contributed by atoms with E-state index in [4.69, 9.17) is 0 Å². The first-order valence-electron chi connectivity index (χ1n) is 4.99. The zero-order valence-electron chi connectivity index (χ0n) is 9.56. The van der Waals surface area contributed by atoms with E-state index in [0.717, 1.165) is 31.1 Å². The average Bonchev–Trinajstić information content (AvgIpc) is 2.27. The van der Waals surface area contributed by atoms with E-state index in [-0.39, 0.29) is 4.90 Å². The van der Waals surface area contributed by atoms with Crippen LogP contribution in [0.4, 0.5) is 0 Å². The second-order valence-electron chi connectivity index (χ2n) is 3.72. The van der Waals surface area contributed by atoms with E-state index in [1.165, 1.54) is 0 Å². The summed E-state index contributed by atoms with van der Waals surface area (Å²) in [6, 6.07) is 6.73. The normalized spacial score (nSPS) is 11.4. The van der Waals surface area contributed by atoms with E-state index in [0.29, 0.717) is 0 Å². The van der Waals surface area contributed by atoms with Crippen molar-refractivity contribution in [2.45, 2.75) is 24.7 Å². The van der Waals surface area contributed by atoms with E-state index in [1.807, 2.05) is 6.92 Å². The summed E-state index contributed by atoms with van der Waals surface area (Å²) < 4.78 is 27.1. The maximum absolute atomic E-state index is 11.3. The molecule has 1 rings (SSSR count). The molecule has 0 fully saturated rings. The first-order valence-corrected chi connectivity index (χ1v) is 6.40. The summed E-state index contributed by atoms with van der Waals surface area (Å²) in [6.07, 6.45) is 1.79. The predicted molar refractivity (Wildman–Crippen MR) is 63.8 cm³/mol. The summed E-state index contributed by atoms with van der Waals surface area (Å²) in [6.45, 7) is 5.80. The fourth-order valence-corrected chi connectivity index (χ4v) is 1.94. The highest BCUT2D eigenvalue weighted by Crippen LogP contribution is 2.14. The molecule has 0 aliphatic heterocycles. The Morgan fingerprint density at radius 2 is 1.88 bits per heavy atom. The SMILES string of the molecule is C=C(C)CCc1ccc(S(=O)(=O)OC)cc1. The lowest BCUT2D eigenvalue weighted by Gasteiger charge is -2.04. The Kier molecular flexibility index (Phi) is 4.26. The van der Waals surface area contributed by atoms with Crippen LogP contribution in [0, 0.1) is 0 Å². The van der Waals surface area contributed by atoms with E-state index in [9.17, 15) is 8.42 Å². The zero-order valence-corrected chi connectivity index (χ0v) is 10.4. The fourth-order valence-electron chi connectivity index (χ4n) is 1.28. The molecule has 16 heavy (non-hydrogen) atoms. The molecule has 0 saturated heterocycles. The van der Waals surface area contributed by atoms with Crippen molar-refractivity contribution in [3.8, 4) is 0 Å². The molecule has 0 radical (unpaired) electrons. The van der Waals surface area contributed by atoms with Gasteiger partial charge in [-0.2, -0.15) is 8.42 Å². The van der Waals surface area contributed by atoms with Crippen molar-refractivity contribution in [1.29, 1.82) is 0 Å². The molecule has 0 amide bonds. The predicted octanol–water partition coefficient (Wildman–Crippen LogP) is 2.53. The standard InChI is InChI=1S/C12H16O3S/c1-10(2)4-5-11-6-8-12(9-7-11)16(13,14)15-3/h6-9H,1,4-5H2,2-3H3. The second-order valence-corrected chi connectivity index (χ2v) is 5.43. The summed E-state index contributed by atoms with van der Waals surface area (Å²) in [5.74, 6) is 0. The van der Waals surface area contributed by atoms with Crippen LogP contribution in [0.2, 0.25) is 0 Å². The number of hydrogen-bond donors (Lipinski definition) is 0. The van der Waals surface area contributed by atoms with Crippen molar-refractivity contribution >= 4 is 10.1 Å². The summed E-state index contributed by atoms with van der Waals surface area (Å²) >= 11 is 0. The summed E-state index contributed by atoms with van der Waals surface area (Å²) in [5, 5.41) is 0. The molecule has 0 bridgehead atoms. The Labute approximate surface area is 96.9 Å². The van der Waals surface area contributed by atoms with Gasteiger partial charge in [-0.1, -0.05) is 17.7 Å². The van der Waals surface area contributed by atoms with Gasteiger partial charge in [0.1, 0.15) is 0 Å². The second kappa shape index (κ2) is 5.27. The van der Waals surface area contributed by atoms with Crippen LogP contribution in [0.25, 0.3) is 0 Å². The van der Waals surface area contributed by atoms with Crippen molar-refractivity contribution in [2.75, 3.05) is 7.11 Å². The molecule has 1 aromatic rings. The van der Waals surface area contributed by atoms with E-state index in [1.54, 1.807) is 24.3 Å². The van der Waals surface area contributed by atoms with Crippen molar-refractivity contribution in [3.05, 3.63) is 42.0 Å². The van der Waals surface area contributed by atoms with Crippen LogP contribution in [0.3, 0.4) is 0 Å². The summed E-state index contributed by atoms with van der Waals surface area (Å²) in [7, 11) is -2.41. The van der Waals surface area contributed by atoms with Crippen LogP contribution in [0.1, 0.15) is 18.9 Å². The van der Waals surface area contributed by atoms with Crippen molar-refractivity contribution in [3.63, 3.8) is 0 Å². The smallest absolute Gasteiger partial charge is 0.270 e. The third kappa shape index (κ3) is 3.47. The van der Waals surface area contributed by atoms with Crippen LogP contribution >= 0.6 is 0 Å². The maximum Gasteiger partial charge on any atom is 0.296 e. The summed E-state index contributed by atoms with van der Waals surface area (Å²) in [5.41, 5.74) is 2.21. The van der Waals surface area contributed by atoms with Crippen molar-refractivity contribution < 1.29 is 12.6 Å². The van der Waals surface area contributed by atoms with Gasteiger partial charge in [0.05, 0.1) is 12.0 Å². The Morgan fingerprint density at radius 3 is 2.31 bits per heavy atom. The largest absolute Gasteiger partial charge is 0.296 e. The van der Waals surface area contributed by atoms with Crippen LogP contribution < -0.4 is 0 Å². The number of allylic oxidation sites excluding steroid dienone is 1. The van der Waals surface area contributed by atoms with Gasteiger partial charge in [-0.25, -0.2) is 0 Å². The molecule has 0 N–H and O–H groups in total. The molecule has 0 unspecified atom stereocenters. The van der Waals surface area contributed by atoms with Crippen LogP contribution in [0.5, 0.6) is 0 Å². The molecule has 88 valence electrons. The molecule has 0 saturated carbocycles. The van der Waals surface area contributed by atoms with Gasteiger partial charge in [0.15, 0.2) is 0 Å². The van der Waals surface area contributed by atoms with Crippen molar-refractivity contribution in [1.82, 2.24) is 0 Å². The quantitative estimate of drug-likeness (QED) is 0.586. The molecule has 1 aromatic carbocycles. The van der Waals surface area contributed by atoms with Gasteiger partial charge in [-0.3, -0.25) is 4.18 Å². The molecule has 0 spiro atoms. The molecule has 3 nitrogen and oxygen atoms in total. The molecule has 0 aliphatic rings. The van der Waals surface area contributed by atoms with Crippen LogP contribution in [0.15, 0.2) is 41.3 Å². The fraction of sp³-hybridized carbons (Fsp3) is 0.333. The molecule has 0 heterocycles. The number of rotatable bonds is 5. The molecular weight excluding hydrogens is 224 g/mol. The third-order valence-corrected chi connectivity index (χ3v) is 3.56. The van der Waals surface area contributed by atoms with Crippen molar-refractivity contribution in [2.24, 2.45) is 0 Å². The van der Waals surface area contributed by atoms with Gasteiger partial charge in [0, 0.05) is 0 Å². The lowest BCUT2D eigenvalue weighted by Crippen LogP contribution is -2.02. The van der Waals surface area contributed by atoms with Gasteiger partial charge in [-0.05, 0) is 37.5 Å². The molecule has 0 atom stereocenters. The van der Waals surface area contributed by atoms with Gasteiger partial charge >= 0.3 is 0 Å². The zero-order chi connectivity index (χ0) is 12.2. The number of aryl methyl sites for hydroxylation is 1. The van der Waals surface area contributed by atoms with E-state index in [2.05, 4.69) is 10.8 Å². The topological polar surface area (TPSA) is 43.4 Å². The van der Waals surface area contributed by atoms with Gasteiger partial charge < -0.3 is 0 Å². The monoisotopic (exact) mass is 240 g/mol. The highest BCUT2D eigenvalue weighted by Gasteiger charge is 2.11. The molecule has 4 heteroatoms. The third-order valence-electron chi connectivity index (χ3n) is 2.27. The average molecular weight is 240 g/mol. The first-order chi connectivity index (χ1) is 7.45. The lowest BCUT2D eigenvalue weighted by molar-refractivity contribution is 0.398. The highest BCUT2D eigenvalue weighted by molar-refractivity contribution is 7.86. The maximum atomic E-state index is 11.3. The minimum atomic E-state index is -3.56. The van der Waals surface area contributed by atoms with Gasteiger partial charge in [-0.15, -0.1) is 6.58 Å². The Hall–Kier alpha value is -1.13. The molecule has 0 aliphatic carbocycles. The molecular formula is C12H16O3S. The number of benzene rings is 1. The van der Waals surface area contributed by atoms with E-state index < -0.39 is 10.1 Å². The summed E-state index contributed by atoms with van der Waals surface area (Å²) in [4.78, 5) is 0.189. The Bertz CT molecular complexity index is 458. The minimum Gasteiger partial charge on any atom is -0.270 e. The van der Waals surface area contributed by atoms with E-state index >= 15 is 0 Å². The molecule has 0 aromatic heterocycles.